The average Bonchev–Trinajstić information content (AvgIpc) is 2.43. The molecule has 4 heteroatoms. The molecule has 0 aliphatic heterocycles. The molecule has 2 rings (SSSR count). The third-order valence-electron chi connectivity index (χ3n) is 4.54. The van der Waals surface area contributed by atoms with E-state index in [9.17, 15) is 8.78 Å². The van der Waals surface area contributed by atoms with Crippen molar-refractivity contribution in [1.29, 1.82) is 0 Å². The first-order chi connectivity index (χ1) is 9.90. The summed E-state index contributed by atoms with van der Waals surface area (Å²) in [6.45, 7) is 6.60. The van der Waals surface area contributed by atoms with Crippen molar-refractivity contribution in [1.82, 2.24) is 0 Å². The van der Waals surface area contributed by atoms with Crippen molar-refractivity contribution in [3.8, 4) is 0 Å². The molecule has 0 amide bonds. The van der Waals surface area contributed by atoms with Gasteiger partial charge in [0.2, 0.25) is 0 Å². The molecule has 21 heavy (non-hydrogen) atoms. The molecule has 0 radical (unpaired) electrons. The number of halogens is 3. The summed E-state index contributed by atoms with van der Waals surface area (Å²) in [5.41, 5.74) is 0.0186. The summed E-state index contributed by atoms with van der Waals surface area (Å²) in [4.78, 5) is 0. The number of ether oxygens (including phenoxy) is 1. The summed E-state index contributed by atoms with van der Waals surface area (Å²) in [5, 5.41) is 0. The molecule has 1 saturated carbocycles. The fourth-order valence-corrected chi connectivity index (χ4v) is 3.57. The van der Waals surface area contributed by atoms with E-state index >= 15 is 0 Å². The Morgan fingerprint density at radius 3 is 2.67 bits per heavy atom. The molecule has 1 fully saturated rings. The molecule has 0 heterocycles. The molecule has 3 atom stereocenters. The number of hydrogen-bond acceptors (Lipinski definition) is 1. The summed E-state index contributed by atoms with van der Waals surface area (Å²) >= 11 is 3.09. The number of hydrogen-bond donors (Lipinski definition) is 0. The molecule has 1 aliphatic carbocycles. The quantitative estimate of drug-likeness (QED) is 0.625. The minimum absolute atomic E-state index is 0.00227. The van der Waals surface area contributed by atoms with E-state index in [0.29, 0.717) is 17.8 Å². The Hall–Kier alpha value is -0.480. The first-order valence-corrected chi connectivity index (χ1v) is 8.43. The Balaban J connectivity index is 2.09. The third kappa shape index (κ3) is 4.04. The van der Waals surface area contributed by atoms with Crippen LogP contribution in [0.3, 0.4) is 0 Å². The van der Waals surface area contributed by atoms with E-state index in [-0.39, 0.29) is 22.7 Å². The van der Waals surface area contributed by atoms with Crippen molar-refractivity contribution in [2.24, 2.45) is 17.8 Å². The van der Waals surface area contributed by atoms with Gasteiger partial charge in [0.15, 0.2) is 0 Å². The first-order valence-electron chi connectivity index (χ1n) is 7.64. The zero-order valence-corrected chi connectivity index (χ0v) is 14.4. The highest BCUT2D eigenvalue weighted by Gasteiger charge is 2.31. The van der Waals surface area contributed by atoms with Crippen molar-refractivity contribution < 1.29 is 13.5 Å². The lowest BCUT2D eigenvalue weighted by molar-refractivity contribution is -0.0488. The van der Waals surface area contributed by atoms with Gasteiger partial charge in [0, 0.05) is 0 Å². The van der Waals surface area contributed by atoms with Crippen LogP contribution in [0.1, 0.15) is 45.6 Å². The van der Waals surface area contributed by atoms with Crippen LogP contribution in [-0.4, -0.2) is 6.10 Å². The Kier molecular flexibility index (Phi) is 5.78. The smallest absolute Gasteiger partial charge is 0.145 e. The van der Waals surface area contributed by atoms with Gasteiger partial charge in [-0.05, 0) is 58.7 Å². The van der Waals surface area contributed by atoms with Crippen LogP contribution in [0.25, 0.3) is 0 Å². The molecule has 0 bridgehead atoms. The van der Waals surface area contributed by atoms with Gasteiger partial charge in [0.1, 0.15) is 11.6 Å². The molecule has 0 N–H and O–H groups in total. The zero-order chi connectivity index (χ0) is 15.6. The summed E-state index contributed by atoms with van der Waals surface area (Å²) in [5.74, 6) is 0.516. The van der Waals surface area contributed by atoms with Crippen molar-refractivity contribution in [3.63, 3.8) is 0 Å². The van der Waals surface area contributed by atoms with E-state index in [1.807, 2.05) is 0 Å². The lowest BCUT2D eigenvalue weighted by Gasteiger charge is -2.37. The third-order valence-corrected chi connectivity index (χ3v) is 5.15. The van der Waals surface area contributed by atoms with Gasteiger partial charge in [-0.1, -0.05) is 27.2 Å². The van der Waals surface area contributed by atoms with Gasteiger partial charge in [-0.15, -0.1) is 0 Å². The minimum atomic E-state index is -0.556. The maximum atomic E-state index is 14.0. The molecule has 0 aromatic heterocycles. The largest absolute Gasteiger partial charge is 0.373 e. The number of benzene rings is 1. The van der Waals surface area contributed by atoms with Crippen molar-refractivity contribution in [3.05, 3.63) is 33.8 Å². The zero-order valence-electron chi connectivity index (χ0n) is 12.8. The summed E-state index contributed by atoms with van der Waals surface area (Å²) < 4.78 is 34.0. The molecule has 1 nitrogen and oxygen atoms in total. The van der Waals surface area contributed by atoms with Gasteiger partial charge in [-0.2, -0.15) is 0 Å². The van der Waals surface area contributed by atoms with E-state index in [0.717, 1.165) is 12.8 Å². The van der Waals surface area contributed by atoms with Gasteiger partial charge < -0.3 is 4.74 Å². The van der Waals surface area contributed by atoms with E-state index < -0.39 is 11.6 Å². The van der Waals surface area contributed by atoms with Crippen molar-refractivity contribution >= 4 is 15.9 Å². The number of rotatable bonds is 4. The Labute approximate surface area is 134 Å². The molecule has 118 valence electrons. The van der Waals surface area contributed by atoms with Crippen LogP contribution >= 0.6 is 15.9 Å². The van der Waals surface area contributed by atoms with Crippen LogP contribution in [-0.2, 0) is 11.3 Å². The van der Waals surface area contributed by atoms with Crippen LogP contribution in [0.5, 0.6) is 0 Å². The lowest BCUT2D eigenvalue weighted by Crippen LogP contribution is -2.34. The van der Waals surface area contributed by atoms with E-state index in [2.05, 4.69) is 36.7 Å². The van der Waals surface area contributed by atoms with Crippen LogP contribution < -0.4 is 0 Å². The monoisotopic (exact) mass is 360 g/mol. The van der Waals surface area contributed by atoms with E-state index in [4.69, 9.17) is 4.74 Å². The maximum Gasteiger partial charge on any atom is 0.145 e. The normalized spacial score (nSPS) is 26.3. The molecular weight excluding hydrogens is 338 g/mol. The van der Waals surface area contributed by atoms with Crippen molar-refractivity contribution in [2.75, 3.05) is 0 Å². The highest BCUT2D eigenvalue weighted by Crippen LogP contribution is 2.36. The summed E-state index contributed by atoms with van der Waals surface area (Å²) in [6, 6.07) is 2.66. The Bertz CT molecular complexity index is 490. The highest BCUT2D eigenvalue weighted by atomic mass is 79.9. The van der Waals surface area contributed by atoms with Crippen LogP contribution in [0.15, 0.2) is 16.6 Å². The average molecular weight is 361 g/mol. The second-order valence-corrected chi connectivity index (χ2v) is 7.35. The fourth-order valence-electron chi connectivity index (χ4n) is 3.20. The Morgan fingerprint density at radius 1 is 1.29 bits per heavy atom. The lowest BCUT2D eigenvalue weighted by atomic mass is 9.75. The molecule has 1 aromatic rings. The topological polar surface area (TPSA) is 9.23 Å². The SMILES string of the molecule is CC1CCC(C(C)C)C(OCc2c(F)ccc(Br)c2F)C1. The molecule has 0 saturated heterocycles. The fraction of sp³-hybridized carbons (Fsp3) is 0.647. The standard InChI is InChI=1S/C17H23BrF2O/c1-10(2)12-5-4-11(3)8-16(12)21-9-13-15(19)7-6-14(18)17(13)20/h6-7,10-12,16H,4-5,8-9H2,1-3H3. The second kappa shape index (κ2) is 7.19. The van der Waals surface area contributed by atoms with Gasteiger partial charge in [0.25, 0.3) is 0 Å². The predicted molar refractivity (Wildman–Crippen MR) is 84.0 cm³/mol. The maximum absolute atomic E-state index is 14.0. The molecule has 1 aliphatic rings. The van der Waals surface area contributed by atoms with Crippen LogP contribution in [0.2, 0.25) is 0 Å². The van der Waals surface area contributed by atoms with E-state index in [1.165, 1.54) is 18.6 Å². The highest BCUT2D eigenvalue weighted by molar-refractivity contribution is 9.10. The molecule has 0 spiro atoms. The van der Waals surface area contributed by atoms with Crippen LogP contribution in [0, 0.1) is 29.4 Å². The van der Waals surface area contributed by atoms with E-state index in [1.54, 1.807) is 0 Å². The van der Waals surface area contributed by atoms with Crippen LogP contribution in [0.4, 0.5) is 8.78 Å². The molecule has 1 aromatic carbocycles. The van der Waals surface area contributed by atoms with Gasteiger partial charge in [-0.3, -0.25) is 0 Å². The predicted octanol–water partition coefficient (Wildman–Crippen LogP) is 5.70. The van der Waals surface area contributed by atoms with Gasteiger partial charge in [-0.25, -0.2) is 8.78 Å². The minimum Gasteiger partial charge on any atom is -0.373 e. The van der Waals surface area contributed by atoms with Crippen molar-refractivity contribution in [2.45, 2.75) is 52.7 Å². The summed E-state index contributed by atoms with van der Waals surface area (Å²) in [7, 11) is 0. The van der Waals surface area contributed by atoms with Gasteiger partial charge in [0.05, 0.1) is 22.7 Å². The molecular formula is C17H23BrF2O. The Morgan fingerprint density at radius 2 is 2.00 bits per heavy atom. The summed E-state index contributed by atoms with van der Waals surface area (Å²) in [6.07, 6.45) is 3.40. The first kappa shape index (κ1) is 16.9. The molecule has 3 unspecified atom stereocenters. The second-order valence-electron chi connectivity index (χ2n) is 6.50. The van der Waals surface area contributed by atoms with Gasteiger partial charge >= 0.3 is 0 Å².